The first-order valence-electron chi connectivity index (χ1n) is 6.51. The fraction of sp³-hybridized carbons (Fsp3) is 0.188. The lowest BCUT2D eigenvalue weighted by molar-refractivity contribution is 0.0939. The minimum Gasteiger partial charge on any atom is -0.496 e. The lowest BCUT2D eigenvalue weighted by Crippen LogP contribution is -2.27. The van der Waals surface area contributed by atoms with Gasteiger partial charge < -0.3 is 15.8 Å². The van der Waals surface area contributed by atoms with Crippen molar-refractivity contribution >= 4 is 23.2 Å². The van der Waals surface area contributed by atoms with Gasteiger partial charge in [0.25, 0.3) is 5.91 Å². The van der Waals surface area contributed by atoms with Gasteiger partial charge in [0.05, 0.1) is 23.9 Å². The fourth-order valence-electron chi connectivity index (χ4n) is 2.07. The smallest absolute Gasteiger partial charge is 0.251 e. The van der Waals surface area contributed by atoms with Gasteiger partial charge in [-0.05, 0) is 31.2 Å². The van der Waals surface area contributed by atoms with Crippen molar-refractivity contribution in [2.45, 2.75) is 13.0 Å². The molecular weight excluding hydrogens is 288 g/mol. The Morgan fingerprint density at radius 1 is 1.29 bits per heavy atom. The van der Waals surface area contributed by atoms with Crippen LogP contribution in [0.1, 0.15) is 28.9 Å². The molecule has 0 spiro atoms. The zero-order valence-corrected chi connectivity index (χ0v) is 12.6. The van der Waals surface area contributed by atoms with Crippen LogP contribution in [0.2, 0.25) is 5.02 Å². The van der Waals surface area contributed by atoms with E-state index < -0.39 is 0 Å². The highest BCUT2D eigenvalue weighted by Gasteiger charge is 2.15. The van der Waals surface area contributed by atoms with Crippen molar-refractivity contribution in [3.8, 4) is 5.75 Å². The standard InChI is InChI=1S/C16H17ClN2O2/c1-10(12-5-3-4-6-15(12)21-2)19-16(20)11-7-8-13(17)14(18)9-11/h3-10H,18H2,1-2H3,(H,19,20)/t10-/m1/s1. The van der Waals surface area contributed by atoms with E-state index >= 15 is 0 Å². The lowest BCUT2D eigenvalue weighted by Gasteiger charge is -2.17. The van der Waals surface area contributed by atoms with Crippen LogP contribution in [-0.2, 0) is 0 Å². The summed E-state index contributed by atoms with van der Waals surface area (Å²) >= 11 is 5.85. The molecule has 2 aromatic rings. The van der Waals surface area contributed by atoms with E-state index in [1.54, 1.807) is 25.3 Å². The van der Waals surface area contributed by atoms with Gasteiger partial charge in [-0.15, -0.1) is 0 Å². The molecule has 3 N–H and O–H groups in total. The van der Waals surface area contributed by atoms with Gasteiger partial charge >= 0.3 is 0 Å². The first-order chi connectivity index (χ1) is 10.0. The second kappa shape index (κ2) is 6.50. The molecule has 5 heteroatoms. The SMILES string of the molecule is COc1ccccc1[C@@H](C)NC(=O)c1ccc(Cl)c(N)c1. The van der Waals surface area contributed by atoms with Crippen LogP contribution in [-0.4, -0.2) is 13.0 Å². The van der Waals surface area contributed by atoms with E-state index in [1.807, 2.05) is 31.2 Å². The van der Waals surface area contributed by atoms with Gasteiger partial charge in [-0.2, -0.15) is 0 Å². The summed E-state index contributed by atoms with van der Waals surface area (Å²) in [4.78, 5) is 12.2. The second-order valence-corrected chi connectivity index (χ2v) is 5.08. The molecule has 1 amide bonds. The molecule has 1 atom stereocenters. The highest BCUT2D eigenvalue weighted by atomic mass is 35.5. The van der Waals surface area contributed by atoms with E-state index in [-0.39, 0.29) is 11.9 Å². The average molecular weight is 305 g/mol. The molecule has 0 saturated carbocycles. The van der Waals surface area contributed by atoms with Crippen molar-refractivity contribution in [1.82, 2.24) is 5.32 Å². The summed E-state index contributed by atoms with van der Waals surface area (Å²) in [6.45, 7) is 1.90. The molecule has 2 aromatic carbocycles. The van der Waals surface area contributed by atoms with Crippen LogP contribution in [0.25, 0.3) is 0 Å². The number of nitrogen functional groups attached to an aromatic ring is 1. The van der Waals surface area contributed by atoms with Crippen LogP contribution in [0.15, 0.2) is 42.5 Å². The molecule has 0 aliphatic rings. The number of nitrogens with one attached hydrogen (secondary N) is 1. The van der Waals surface area contributed by atoms with E-state index in [1.165, 1.54) is 0 Å². The van der Waals surface area contributed by atoms with Crippen molar-refractivity contribution in [2.24, 2.45) is 0 Å². The number of anilines is 1. The number of carbonyl (C=O) groups excluding carboxylic acids is 1. The number of ether oxygens (including phenoxy) is 1. The van der Waals surface area contributed by atoms with Crippen LogP contribution in [0.3, 0.4) is 0 Å². The number of rotatable bonds is 4. The zero-order chi connectivity index (χ0) is 15.4. The molecule has 0 aliphatic heterocycles. The fourth-order valence-corrected chi connectivity index (χ4v) is 2.18. The Hall–Kier alpha value is -2.20. The summed E-state index contributed by atoms with van der Waals surface area (Å²) in [5.74, 6) is 0.526. The Labute approximate surface area is 128 Å². The number of amides is 1. The summed E-state index contributed by atoms with van der Waals surface area (Å²) in [5, 5.41) is 3.35. The van der Waals surface area contributed by atoms with Crippen molar-refractivity contribution in [3.05, 3.63) is 58.6 Å². The monoisotopic (exact) mass is 304 g/mol. The third kappa shape index (κ3) is 3.47. The number of nitrogens with two attached hydrogens (primary N) is 1. The third-order valence-electron chi connectivity index (χ3n) is 3.21. The number of benzene rings is 2. The molecule has 0 aliphatic carbocycles. The van der Waals surface area contributed by atoms with Gasteiger partial charge in [0.15, 0.2) is 0 Å². The highest BCUT2D eigenvalue weighted by molar-refractivity contribution is 6.33. The maximum atomic E-state index is 12.2. The summed E-state index contributed by atoms with van der Waals surface area (Å²) < 4.78 is 5.30. The van der Waals surface area contributed by atoms with Crippen LogP contribution in [0.4, 0.5) is 5.69 Å². The number of methoxy groups -OCH3 is 1. The molecule has 0 bridgehead atoms. The van der Waals surface area contributed by atoms with Gasteiger partial charge in [0.1, 0.15) is 5.75 Å². The number of halogens is 1. The van der Waals surface area contributed by atoms with Crippen molar-refractivity contribution in [1.29, 1.82) is 0 Å². The Kier molecular flexibility index (Phi) is 4.70. The van der Waals surface area contributed by atoms with Gasteiger partial charge in [0.2, 0.25) is 0 Å². The van der Waals surface area contributed by atoms with Gasteiger partial charge in [-0.1, -0.05) is 29.8 Å². The minimum absolute atomic E-state index is 0.189. The largest absolute Gasteiger partial charge is 0.496 e. The molecule has 0 unspecified atom stereocenters. The van der Waals surface area contributed by atoms with E-state index in [0.29, 0.717) is 16.3 Å². The summed E-state index contributed by atoms with van der Waals surface area (Å²) in [5.41, 5.74) is 7.48. The van der Waals surface area contributed by atoms with E-state index in [0.717, 1.165) is 11.3 Å². The Morgan fingerprint density at radius 2 is 2.00 bits per heavy atom. The zero-order valence-electron chi connectivity index (χ0n) is 11.9. The van der Waals surface area contributed by atoms with Gasteiger partial charge in [-0.3, -0.25) is 4.79 Å². The van der Waals surface area contributed by atoms with Crippen LogP contribution >= 0.6 is 11.6 Å². The number of para-hydroxylation sites is 1. The molecule has 0 saturated heterocycles. The number of carbonyl (C=O) groups is 1. The lowest BCUT2D eigenvalue weighted by atomic mass is 10.1. The Balaban J connectivity index is 2.16. The highest BCUT2D eigenvalue weighted by Crippen LogP contribution is 2.25. The first-order valence-corrected chi connectivity index (χ1v) is 6.89. The second-order valence-electron chi connectivity index (χ2n) is 4.67. The molecule has 21 heavy (non-hydrogen) atoms. The molecular formula is C16H17ClN2O2. The van der Waals surface area contributed by atoms with Crippen molar-refractivity contribution < 1.29 is 9.53 Å². The molecule has 2 rings (SSSR count). The maximum absolute atomic E-state index is 12.2. The van der Waals surface area contributed by atoms with E-state index in [9.17, 15) is 4.79 Å². The maximum Gasteiger partial charge on any atom is 0.251 e. The van der Waals surface area contributed by atoms with Crippen LogP contribution < -0.4 is 15.8 Å². The van der Waals surface area contributed by atoms with Gasteiger partial charge in [-0.25, -0.2) is 0 Å². The predicted octanol–water partition coefficient (Wildman–Crippen LogP) is 3.42. The van der Waals surface area contributed by atoms with Crippen molar-refractivity contribution in [3.63, 3.8) is 0 Å². The predicted molar refractivity (Wildman–Crippen MR) is 84.7 cm³/mol. The molecule has 4 nitrogen and oxygen atoms in total. The molecule has 0 aromatic heterocycles. The van der Waals surface area contributed by atoms with Gasteiger partial charge in [0, 0.05) is 11.1 Å². The molecule has 110 valence electrons. The number of hydrogen-bond acceptors (Lipinski definition) is 3. The normalized spacial score (nSPS) is 11.8. The first kappa shape index (κ1) is 15.2. The minimum atomic E-state index is -0.211. The van der Waals surface area contributed by atoms with Crippen molar-refractivity contribution in [2.75, 3.05) is 12.8 Å². The molecule has 0 radical (unpaired) electrons. The summed E-state index contributed by atoms with van der Waals surface area (Å²) in [6, 6.07) is 12.2. The topological polar surface area (TPSA) is 64.3 Å². The number of hydrogen-bond donors (Lipinski definition) is 2. The Morgan fingerprint density at radius 3 is 2.67 bits per heavy atom. The van der Waals surface area contributed by atoms with Crippen LogP contribution in [0, 0.1) is 0 Å². The van der Waals surface area contributed by atoms with Crippen LogP contribution in [0.5, 0.6) is 5.75 Å². The summed E-state index contributed by atoms with van der Waals surface area (Å²) in [6.07, 6.45) is 0. The molecule has 0 heterocycles. The quantitative estimate of drug-likeness (QED) is 0.851. The molecule has 0 fully saturated rings. The third-order valence-corrected chi connectivity index (χ3v) is 3.56. The van der Waals surface area contributed by atoms with E-state index in [4.69, 9.17) is 22.1 Å². The Bertz CT molecular complexity index is 658. The van der Waals surface area contributed by atoms with E-state index in [2.05, 4.69) is 5.32 Å². The average Bonchev–Trinajstić information content (AvgIpc) is 2.49. The summed E-state index contributed by atoms with van der Waals surface area (Å²) in [7, 11) is 1.60.